The molecule has 3 nitrogen and oxygen atoms in total. The van der Waals surface area contributed by atoms with Crippen molar-refractivity contribution in [1.82, 2.24) is 5.01 Å². The normalized spacial score (nSPS) is 22.2. The number of carbonyl (C=O) groups is 1. The molecule has 0 saturated heterocycles. The first kappa shape index (κ1) is 20.4. The maximum absolute atomic E-state index is 13.3. The van der Waals surface area contributed by atoms with Crippen molar-refractivity contribution in [3.05, 3.63) is 91.3 Å². The monoisotopic (exact) mass is 464 g/mol. The van der Waals surface area contributed by atoms with Gasteiger partial charge in [-0.3, -0.25) is 4.79 Å². The van der Waals surface area contributed by atoms with E-state index in [1.807, 2.05) is 30.3 Å². The Labute approximate surface area is 195 Å². The molecule has 2 aliphatic rings. The summed E-state index contributed by atoms with van der Waals surface area (Å²) in [5.74, 6) is 0.150. The second-order valence-electron chi connectivity index (χ2n) is 7.70. The van der Waals surface area contributed by atoms with Crippen LogP contribution in [0.15, 0.2) is 76.0 Å². The number of hydrazone groups is 1. The van der Waals surface area contributed by atoms with Crippen LogP contribution in [0.25, 0.3) is 12.2 Å². The summed E-state index contributed by atoms with van der Waals surface area (Å²) in [5, 5.41) is 11.5. The molecule has 3 heterocycles. The molecule has 1 amide bonds. The quantitative estimate of drug-likeness (QED) is 0.373. The van der Waals surface area contributed by atoms with Gasteiger partial charge in [-0.05, 0) is 77.6 Å². The smallest absolute Gasteiger partial charge is 0.267 e. The maximum Gasteiger partial charge on any atom is 0.267 e. The van der Waals surface area contributed by atoms with E-state index < -0.39 is 0 Å². The van der Waals surface area contributed by atoms with Crippen molar-refractivity contribution < 1.29 is 4.79 Å². The molecule has 1 aliphatic heterocycles. The molecule has 2 aromatic heterocycles. The van der Waals surface area contributed by atoms with Gasteiger partial charge in [-0.2, -0.15) is 5.10 Å². The van der Waals surface area contributed by atoms with Gasteiger partial charge in [0.2, 0.25) is 0 Å². The number of hydrogen-bond donors (Lipinski definition) is 0. The topological polar surface area (TPSA) is 32.7 Å². The number of thiophene rings is 2. The highest BCUT2D eigenvalue weighted by Gasteiger charge is 2.43. The van der Waals surface area contributed by atoms with Crippen LogP contribution < -0.4 is 0 Å². The van der Waals surface area contributed by atoms with Crippen LogP contribution >= 0.6 is 34.3 Å². The lowest BCUT2D eigenvalue weighted by atomic mass is 9.79. The maximum atomic E-state index is 13.3. The standard InChI is InChI=1S/C25H21ClN2OS2/c26-19-11-8-17(9-12-19)10-13-23(29)28-25(22-7-3-15-31-22)21-6-1-4-18(24(21)27-28)16-20-5-2-14-30-20/h2-3,5,7-16,21,25H,1,4,6H2/b13-10+,18-16-. The van der Waals surface area contributed by atoms with Crippen LogP contribution in [0.3, 0.4) is 0 Å². The molecule has 1 aliphatic carbocycles. The largest absolute Gasteiger partial charge is 0.268 e. The molecule has 0 bridgehead atoms. The number of benzene rings is 1. The number of nitrogens with zero attached hydrogens (tertiary/aromatic N) is 2. The lowest BCUT2D eigenvalue weighted by molar-refractivity contribution is -0.128. The van der Waals surface area contributed by atoms with Gasteiger partial charge in [0, 0.05) is 26.8 Å². The molecule has 156 valence electrons. The average Bonchev–Trinajstić information content (AvgIpc) is 3.54. The summed E-state index contributed by atoms with van der Waals surface area (Å²) < 4.78 is 0. The molecule has 6 heteroatoms. The van der Waals surface area contributed by atoms with Crippen LogP contribution in [0, 0.1) is 5.92 Å². The van der Waals surface area contributed by atoms with E-state index >= 15 is 0 Å². The Morgan fingerprint density at radius 1 is 1.10 bits per heavy atom. The second kappa shape index (κ2) is 8.95. The van der Waals surface area contributed by atoms with Crippen LogP contribution in [0.5, 0.6) is 0 Å². The van der Waals surface area contributed by atoms with E-state index in [2.05, 4.69) is 41.1 Å². The molecular weight excluding hydrogens is 444 g/mol. The van der Waals surface area contributed by atoms with Crippen LogP contribution in [-0.4, -0.2) is 16.6 Å². The van der Waals surface area contributed by atoms with E-state index in [9.17, 15) is 4.79 Å². The van der Waals surface area contributed by atoms with E-state index in [-0.39, 0.29) is 17.9 Å². The van der Waals surface area contributed by atoms with Gasteiger partial charge in [0.05, 0.1) is 11.8 Å². The number of allylic oxidation sites excluding steroid dienone is 1. The van der Waals surface area contributed by atoms with Crippen molar-refractivity contribution in [2.75, 3.05) is 0 Å². The van der Waals surface area contributed by atoms with E-state index in [1.54, 1.807) is 33.8 Å². The molecule has 0 N–H and O–H groups in total. The third kappa shape index (κ3) is 4.31. The number of rotatable bonds is 4. The van der Waals surface area contributed by atoms with Gasteiger partial charge in [-0.25, -0.2) is 5.01 Å². The summed E-state index contributed by atoms with van der Waals surface area (Å²) in [6, 6.07) is 15.8. The van der Waals surface area contributed by atoms with Crippen molar-refractivity contribution in [1.29, 1.82) is 0 Å². The number of fused-ring (bicyclic) bond motifs is 1. The summed E-state index contributed by atoms with van der Waals surface area (Å²) in [6.07, 6.45) is 8.87. The Hall–Kier alpha value is -2.47. The van der Waals surface area contributed by atoms with Crippen LogP contribution in [-0.2, 0) is 4.79 Å². The predicted octanol–water partition coefficient (Wildman–Crippen LogP) is 7.30. The summed E-state index contributed by atoms with van der Waals surface area (Å²) in [5.41, 5.74) is 3.27. The highest BCUT2D eigenvalue weighted by Crippen LogP contribution is 2.45. The Morgan fingerprint density at radius 3 is 2.65 bits per heavy atom. The molecule has 2 unspecified atom stereocenters. The van der Waals surface area contributed by atoms with E-state index in [1.165, 1.54) is 15.3 Å². The average molecular weight is 465 g/mol. The minimum absolute atomic E-state index is 0.0376. The number of carbonyl (C=O) groups excluding carboxylic acids is 1. The fourth-order valence-corrected chi connectivity index (χ4v) is 5.97. The number of amides is 1. The summed E-state index contributed by atoms with van der Waals surface area (Å²) in [7, 11) is 0. The van der Waals surface area contributed by atoms with Crippen molar-refractivity contribution in [2.24, 2.45) is 11.0 Å². The fourth-order valence-electron chi connectivity index (χ4n) is 4.28. The first-order valence-corrected chi connectivity index (χ1v) is 12.5. The molecule has 31 heavy (non-hydrogen) atoms. The van der Waals surface area contributed by atoms with Crippen molar-refractivity contribution in [2.45, 2.75) is 25.3 Å². The third-order valence-electron chi connectivity index (χ3n) is 5.71. The van der Waals surface area contributed by atoms with Crippen molar-refractivity contribution in [3.63, 3.8) is 0 Å². The molecular formula is C25H21ClN2OS2. The van der Waals surface area contributed by atoms with Gasteiger partial charge in [-0.1, -0.05) is 35.9 Å². The zero-order valence-corrected chi connectivity index (χ0v) is 19.2. The molecule has 2 atom stereocenters. The van der Waals surface area contributed by atoms with Crippen LogP contribution in [0.1, 0.15) is 40.6 Å². The minimum atomic E-state index is -0.0919. The number of hydrogen-bond acceptors (Lipinski definition) is 4. The molecule has 1 saturated carbocycles. The van der Waals surface area contributed by atoms with Gasteiger partial charge in [0.15, 0.2) is 0 Å². The molecule has 1 fully saturated rings. The fraction of sp³-hybridized carbons (Fsp3) is 0.200. The van der Waals surface area contributed by atoms with Gasteiger partial charge in [0.1, 0.15) is 0 Å². The number of halogens is 1. The molecule has 0 radical (unpaired) electrons. The molecule has 5 rings (SSSR count). The van der Waals surface area contributed by atoms with Crippen LogP contribution in [0.4, 0.5) is 0 Å². The van der Waals surface area contributed by atoms with Gasteiger partial charge in [0.25, 0.3) is 5.91 Å². The van der Waals surface area contributed by atoms with Crippen molar-refractivity contribution in [3.8, 4) is 0 Å². The molecule has 0 spiro atoms. The first-order chi connectivity index (χ1) is 15.2. The van der Waals surface area contributed by atoms with Gasteiger partial charge >= 0.3 is 0 Å². The lowest BCUT2D eigenvalue weighted by Gasteiger charge is -2.28. The molecule has 1 aromatic carbocycles. The zero-order valence-electron chi connectivity index (χ0n) is 16.8. The SMILES string of the molecule is O=C(/C=C/c1ccc(Cl)cc1)N1N=C2/C(=C\c3cccs3)CCCC2C1c1cccs1. The van der Waals surface area contributed by atoms with Gasteiger partial charge < -0.3 is 0 Å². The predicted molar refractivity (Wildman–Crippen MR) is 131 cm³/mol. The van der Waals surface area contributed by atoms with Gasteiger partial charge in [-0.15, -0.1) is 22.7 Å². The Balaban J connectivity index is 1.48. The first-order valence-electron chi connectivity index (χ1n) is 10.3. The summed E-state index contributed by atoms with van der Waals surface area (Å²) in [6.45, 7) is 0. The summed E-state index contributed by atoms with van der Waals surface area (Å²) >= 11 is 9.40. The zero-order chi connectivity index (χ0) is 21.2. The highest BCUT2D eigenvalue weighted by molar-refractivity contribution is 7.11. The summed E-state index contributed by atoms with van der Waals surface area (Å²) in [4.78, 5) is 15.7. The highest BCUT2D eigenvalue weighted by atomic mass is 35.5. The third-order valence-corrected chi connectivity index (χ3v) is 7.72. The van der Waals surface area contributed by atoms with E-state index in [4.69, 9.17) is 16.7 Å². The lowest BCUT2D eigenvalue weighted by Crippen LogP contribution is -2.30. The Bertz CT molecular complexity index is 1140. The Kier molecular flexibility index (Phi) is 5.90. The van der Waals surface area contributed by atoms with Crippen molar-refractivity contribution >= 4 is 58.0 Å². The van der Waals surface area contributed by atoms with Crippen LogP contribution in [0.2, 0.25) is 5.02 Å². The van der Waals surface area contributed by atoms with E-state index in [0.717, 1.165) is 30.5 Å². The minimum Gasteiger partial charge on any atom is -0.268 e. The van der Waals surface area contributed by atoms with E-state index in [0.29, 0.717) is 5.02 Å². The molecule has 3 aromatic rings. The second-order valence-corrected chi connectivity index (χ2v) is 10.1. The Morgan fingerprint density at radius 2 is 1.90 bits per heavy atom.